The molecule has 1 atom stereocenters. The Hall–Kier alpha value is -2.99. The Kier molecular flexibility index (Phi) is 4.96. The van der Waals surface area contributed by atoms with E-state index in [2.05, 4.69) is 10.3 Å². The number of hydrogen-bond acceptors (Lipinski definition) is 5. The van der Waals surface area contributed by atoms with Crippen LogP contribution in [0.15, 0.2) is 41.2 Å². The summed E-state index contributed by atoms with van der Waals surface area (Å²) >= 11 is 0. The Balaban J connectivity index is 1.84. The Labute approximate surface area is 163 Å². The Morgan fingerprint density at radius 3 is 2.57 bits per heavy atom. The highest BCUT2D eigenvalue weighted by atomic mass is 16.5. The van der Waals surface area contributed by atoms with Crippen LogP contribution in [-0.2, 0) is 6.42 Å². The van der Waals surface area contributed by atoms with E-state index in [0.29, 0.717) is 23.7 Å². The molecule has 28 heavy (non-hydrogen) atoms. The Morgan fingerprint density at radius 2 is 1.82 bits per heavy atom. The molecule has 1 aliphatic rings. The van der Waals surface area contributed by atoms with Crippen LogP contribution in [0.1, 0.15) is 29.7 Å². The summed E-state index contributed by atoms with van der Waals surface area (Å²) < 4.78 is 16.5. The first kappa shape index (κ1) is 18.4. The molecule has 1 aromatic heterocycles. The van der Waals surface area contributed by atoms with E-state index in [1.54, 1.807) is 14.2 Å². The summed E-state index contributed by atoms with van der Waals surface area (Å²) in [6.07, 6.45) is 0.867. The summed E-state index contributed by atoms with van der Waals surface area (Å²) in [5, 5.41) is 4.42. The minimum atomic E-state index is -0.215. The molecule has 6 nitrogen and oxygen atoms in total. The molecule has 0 saturated heterocycles. The molecule has 0 spiro atoms. The highest BCUT2D eigenvalue weighted by molar-refractivity contribution is 5.80. The van der Waals surface area contributed by atoms with E-state index >= 15 is 0 Å². The minimum absolute atomic E-state index is 0.100. The van der Waals surface area contributed by atoms with Gasteiger partial charge in [0, 0.05) is 23.0 Å². The van der Waals surface area contributed by atoms with Gasteiger partial charge in [-0.1, -0.05) is 0 Å². The first-order chi connectivity index (χ1) is 13.6. The van der Waals surface area contributed by atoms with E-state index < -0.39 is 0 Å². The van der Waals surface area contributed by atoms with Crippen molar-refractivity contribution in [2.45, 2.75) is 19.4 Å². The maximum absolute atomic E-state index is 12.8. The number of benzene rings is 2. The monoisotopic (exact) mass is 380 g/mol. The molecule has 2 aromatic carbocycles. The van der Waals surface area contributed by atoms with Gasteiger partial charge in [0.15, 0.2) is 11.5 Å². The second-order valence-corrected chi connectivity index (χ2v) is 6.78. The van der Waals surface area contributed by atoms with Crippen LogP contribution in [-0.4, -0.2) is 32.4 Å². The quantitative estimate of drug-likeness (QED) is 0.711. The zero-order valence-corrected chi connectivity index (χ0v) is 16.3. The molecule has 0 bridgehead atoms. The van der Waals surface area contributed by atoms with Gasteiger partial charge in [0.2, 0.25) is 0 Å². The molecule has 0 unspecified atom stereocenters. The Morgan fingerprint density at radius 1 is 1.04 bits per heavy atom. The molecule has 0 aliphatic carbocycles. The number of fused-ring (bicyclic) bond motifs is 2. The number of hydrogen-bond donors (Lipinski definition) is 2. The average molecular weight is 380 g/mol. The summed E-state index contributed by atoms with van der Waals surface area (Å²) in [6.45, 7) is 3.33. The van der Waals surface area contributed by atoms with Crippen LogP contribution in [0.5, 0.6) is 17.2 Å². The molecule has 0 amide bonds. The fourth-order valence-electron chi connectivity index (χ4n) is 3.83. The van der Waals surface area contributed by atoms with Crippen molar-refractivity contribution >= 4 is 10.9 Å². The molecule has 4 rings (SSSR count). The van der Waals surface area contributed by atoms with Crippen LogP contribution in [0.4, 0.5) is 0 Å². The summed E-state index contributed by atoms with van der Waals surface area (Å²) in [6, 6.07) is 11.4. The fourth-order valence-corrected chi connectivity index (χ4v) is 3.83. The molecule has 0 radical (unpaired) electrons. The van der Waals surface area contributed by atoms with Crippen molar-refractivity contribution < 1.29 is 14.2 Å². The number of pyridine rings is 1. The van der Waals surface area contributed by atoms with Crippen LogP contribution < -0.4 is 25.1 Å². The second kappa shape index (κ2) is 7.56. The van der Waals surface area contributed by atoms with Crippen LogP contribution in [0, 0.1) is 0 Å². The van der Waals surface area contributed by atoms with Gasteiger partial charge in [-0.05, 0) is 60.9 Å². The lowest BCUT2D eigenvalue weighted by Gasteiger charge is -2.28. The van der Waals surface area contributed by atoms with E-state index in [9.17, 15) is 4.79 Å². The zero-order valence-electron chi connectivity index (χ0n) is 16.3. The number of H-pyrrole nitrogens is 1. The largest absolute Gasteiger partial charge is 0.494 e. The van der Waals surface area contributed by atoms with Crippen molar-refractivity contribution in [3.63, 3.8) is 0 Å². The summed E-state index contributed by atoms with van der Waals surface area (Å²) in [5.41, 5.74) is 3.56. The normalized spacial score (nSPS) is 15.9. The number of nitrogens with one attached hydrogen (secondary N) is 2. The zero-order chi connectivity index (χ0) is 19.7. The van der Waals surface area contributed by atoms with Gasteiger partial charge < -0.3 is 24.5 Å². The molecule has 6 heteroatoms. The second-order valence-electron chi connectivity index (χ2n) is 6.78. The van der Waals surface area contributed by atoms with Crippen molar-refractivity contribution in [3.05, 3.63) is 63.4 Å². The topological polar surface area (TPSA) is 72.6 Å². The fraction of sp³-hybridized carbons (Fsp3) is 0.318. The van der Waals surface area contributed by atoms with Crippen LogP contribution >= 0.6 is 0 Å². The standard InChI is InChI=1S/C22H24N2O4/c1-4-28-15-5-6-18-14(9-15)10-17(22(25)24-18)21-16-12-20(27-3)19(26-2)11-13(16)7-8-23-21/h5-6,9-12,21,23H,4,7-8H2,1-3H3,(H,24,25)/t21-/m0/s1. The van der Waals surface area contributed by atoms with Crippen molar-refractivity contribution in [2.75, 3.05) is 27.4 Å². The number of aromatic amines is 1. The third kappa shape index (κ3) is 3.20. The smallest absolute Gasteiger partial charge is 0.253 e. The van der Waals surface area contributed by atoms with E-state index in [4.69, 9.17) is 14.2 Å². The first-order valence-electron chi connectivity index (χ1n) is 9.42. The molecule has 3 aromatic rings. The molecule has 1 aliphatic heterocycles. The molecular weight excluding hydrogens is 356 g/mol. The van der Waals surface area contributed by atoms with Gasteiger partial charge in [0.05, 0.1) is 26.9 Å². The predicted molar refractivity (Wildman–Crippen MR) is 109 cm³/mol. The summed E-state index contributed by atoms with van der Waals surface area (Å²) in [4.78, 5) is 15.8. The van der Waals surface area contributed by atoms with Gasteiger partial charge in [0.1, 0.15) is 5.75 Å². The number of aromatic nitrogens is 1. The number of ether oxygens (including phenoxy) is 3. The molecule has 2 heterocycles. The maximum atomic E-state index is 12.8. The van der Waals surface area contributed by atoms with Crippen LogP contribution in [0.25, 0.3) is 10.9 Å². The SMILES string of the molecule is CCOc1ccc2[nH]c(=O)c([C@H]3NCCc4cc(OC)c(OC)cc43)cc2c1. The van der Waals surface area contributed by atoms with Gasteiger partial charge >= 0.3 is 0 Å². The number of rotatable bonds is 5. The van der Waals surface area contributed by atoms with E-state index in [-0.39, 0.29) is 11.6 Å². The van der Waals surface area contributed by atoms with Gasteiger partial charge in [-0.2, -0.15) is 0 Å². The lowest BCUT2D eigenvalue weighted by atomic mass is 9.89. The van der Waals surface area contributed by atoms with Crippen molar-refractivity contribution in [1.82, 2.24) is 10.3 Å². The molecule has 2 N–H and O–H groups in total. The highest BCUT2D eigenvalue weighted by Gasteiger charge is 2.26. The molecule has 0 fully saturated rings. The van der Waals surface area contributed by atoms with Gasteiger partial charge in [-0.25, -0.2) is 0 Å². The first-order valence-corrected chi connectivity index (χ1v) is 9.42. The number of methoxy groups -OCH3 is 2. The van der Waals surface area contributed by atoms with Gasteiger partial charge in [0.25, 0.3) is 5.56 Å². The minimum Gasteiger partial charge on any atom is -0.494 e. The van der Waals surface area contributed by atoms with Crippen LogP contribution in [0.3, 0.4) is 0 Å². The third-order valence-corrected chi connectivity index (χ3v) is 5.17. The van der Waals surface area contributed by atoms with E-state index in [1.165, 1.54) is 0 Å². The van der Waals surface area contributed by atoms with Crippen molar-refractivity contribution in [3.8, 4) is 17.2 Å². The highest BCUT2D eigenvalue weighted by Crippen LogP contribution is 2.37. The van der Waals surface area contributed by atoms with Crippen LogP contribution in [0.2, 0.25) is 0 Å². The summed E-state index contributed by atoms with van der Waals surface area (Å²) in [5.74, 6) is 2.15. The van der Waals surface area contributed by atoms with Crippen molar-refractivity contribution in [1.29, 1.82) is 0 Å². The maximum Gasteiger partial charge on any atom is 0.253 e. The van der Waals surface area contributed by atoms with E-state index in [0.717, 1.165) is 40.7 Å². The average Bonchev–Trinajstić information content (AvgIpc) is 2.72. The lowest BCUT2D eigenvalue weighted by molar-refractivity contribution is 0.340. The van der Waals surface area contributed by atoms with Crippen molar-refractivity contribution in [2.24, 2.45) is 0 Å². The summed E-state index contributed by atoms with van der Waals surface area (Å²) in [7, 11) is 3.25. The van der Waals surface area contributed by atoms with E-state index in [1.807, 2.05) is 43.3 Å². The molecular formula is C22H24N2O4. The molecule has 146 valence electrons. The molecule has 0 saturated carbocycles. The third-order valence-electron chi connectivity index (χ3n) is 5.17. The Bertz CT molecular complexity index is 1070. The predicted octanol–water partition coefficient (Wildman–Crippen LogP) is 3.18. The van der Waals surface area contributed by atoms with Gasteiger partial charge in [-0.3, -0.25) is 4.79 Å². The lowest BCUT2D eigenvalue weighted by Crippen LogP contribution is -2.34. The van der Waals surface area contributed by atoms with Gasteiger partial charge in [-0.15, -0.1) is 0 Å².